The first kappa shape index (κ1) is 14.5. The van der Waals surface area contributed by atoms with Crippen molar-refractivity contribution in [1.82, 2.24) is 5.43 Å². The molecule has 108 valence electrons. The van der Waals surface area contributed by atoms with E-state index in [-0.39, 0.29) is 23.5 Å². The molecular formula is C15H13FN2O3. The highest BCUT2D eigenvalue weighted by Crippen LogP contribution is 2.15. The van der Waals surface area contributed by atoms with Crippen LogP contribution < -0.4 is 5.43 Å². The van der Waals surface area contributed by atoms with E-state index in [1.54, 1.807) is 12.1 Å². The van der Waals surface area contributed by atoms with Crippen molar-refractivity contribution in [3.05, 3.63) is 59.4 Å². The van der Waals surface area contributed by atoms with E-state index in [0.29, 0.717) is 5.56 Å². The largest absolute Gasteiger partial charge is 0.508 e. The predicted octanol–water partition coefficient (Wildman–Crippen LogP) is 1.93. The minimum atomic E-state index is -0.514. The topological polar surface area (TPSA) is 81.9 Å². The van der Waals surface area contributed by atoms with Crippen LogP contribution in [-0.2, 0) is 11.2 Å². The van der Waals surface area contributed by atoms with Crippen molar-refractivity contribution in [2.75, 3.05) is 0 Å². The first-order valence-electron chi connectivity index (χ1n) is 6.13. The number of rotatable bonds is 4. The van der Waals surface area contributed by atoms with Crippen LogP contribution in [0, 0.1) is 5.82 Å². The number of amides is 1. The van der Waals surface area contributed by atoms with Crippen molar-refractivity contribution in [3.63, 3.8) is 0 Å². The normalized spacial score (nSPS) is 10.7. The predicted molar refractivity (Wildman–Crippen MR) is 75.6 cm³/mol. The summed E-state index contributed by atoms with van der Waals surface area (Å²) in [5, 5.41) is 22.4. The van der Waals surface area contributed by atoms with Gasteiger partial charge in [0.15, 0.2) is 0 Å². The van der Waals surface area contributed by atoms with Gasteiger partial charge in [0.1, 0.15) is 17.3 Å². The average molecular weight is 288 g/mol. The molecule has 0 saturated heterocycles. The summed E-state index contributed by atoms with van der Waals surface area (Å²) in [4.78, 5) is 11.6. The third-order valence-corrected chi connectivity index (χ3v) is 2.66. The average Bonchev–Trinajstić information content (AvgIpc) is 2.42. The van der Waals surface area contributed by atoms with Crippen molar-refractivity contribution in [3.8, 4) is 11.5 Å². The van der Waals surface area contributed by atoms with Gasteiger partial charge in [0.25, 0.3) is 0 Å². The molecular weight excluding hydrogens is 275 g/mol. The van der Waals surface area contributed by atoms with Crippen LogP contribution >= 0.6 is 0 Å². The zero-order valence-electron chi connectivity index (χ0n) is 11.0. The smallest absolute Gasteiger partial charge is 0.244 e. The van der Waals surface area contributed by atoms with Gasteiger partial charge >= 0.3 is 0 Å². The van der Waals surface area contributed by atoms with Crippen LogP contribution in [0.3, 0.4) is 0 Å². The van der Waals surface area contributed by atoms with Gasteiger partial charge in [-0.2, -0.15) is 5.10 Å². The quantitative estimate of drug-likeness (QED) is 0.594. The van der Waals surface area contributed by atoms with Crippen LogP contribution in [0.15, 0.2) is 47.6 Å². The summed E-state index contributed by atoms with van der Waals surface area (Å²) in [5.74, 6) is -0.969. The van der Waals surface area contributed by atoms with Gasteiger partial charge in [0.2, 0.25) is 5.91 Å². The molecule has 2 aromatic rings. The number of phenols is 2. The van der Waals surface area contributed by atoms with Crippen LogP contribution in [0.2, 0.25) is 0 Å². The lowest BCUT2D eigenvalue weighted by Gasteiger charge is -2.02. The number of nitrogens with one attached hydrogen (secondary N) is 1. The Morgan fingerprint density at radius 3 is 2.81 bits per heavy atom. The van der Waals surface area contributed by atoms with E-state index in [1.165, 1.54) is 18.2 Å². The van der Waals surface area contributed by atoms with Gasteiger partial charge in [-0.1, -0.05) is 12.1 Å². The number of phenolic OH excluding ortho intramolecular Hbond substituents is 2. The van der Waals surface area contributed by atoms with Gasteiger partial charge < -0.3 is 10.2 Å². The van der Waals surface area contributed by atoms with Crippen molar-refractivity contribution < 1.29 is 19.4 Å². The zero-order valence-corrected chi connectivity index (χ0v) is 11.0. The molecule has 0 unspecified atom stereocenters. The molecule has 6 heteroatoms. The molecule has 2 rings (SSSR count). The molecule has 3 N–H and O–H groups in total. The highest BCUT2D eigenvalue weighted by molar-refractivity contribution is 5.85. The van der Waals surface area contributed by atoms with E-state index in [4.69, 9.17) is 0 Å². The molecule has 21 heavy (non-hydrogen) atoms. The molecule has 0 aliphatic carbocycles. The second-order valence-electron chi connectivity index (χ2n) is 4.34. The number of hydrogen-bond donors (Lipinski definition) is 3. The van der Waals surface area contributed by atoms with Gasteiger partial charge in [-0.05, 0) is 35.9 Å². The maximum atomic E-state index is 13.0. The summed E-state index contributed by atoms with van der Waals surface area (Å²) in [5.41, 5.74) is 3.06. The van der Waals surface area contributed by atoms with Crippen molar-refractivity contribution >= 4 is 12.1 Å². The number of halogens is 1. The zero-order chi connectivity index (χ0) is 15.2. The Labute approximate surface area is 120 Å². The fraction of sp³-hybridized carbons (Fsp3) is 0.0667. The Hall–Kier alpha value is -2.89. The van der Waals surface area contributed by atoms with E-state index in [1.807, 2.05) is 0 Å². The standard InChI is InChI=1S/C15H13FN2O3/c16-12-4-5-14(20)11(8-12)9-17-18-15(21)7-10-2-1-3-13(19)6-10/h1-6,8-9,19-20H,7H2,(H,18,21). The third kappa shape index (κ3) is 4.31. The summed E-state index contributed by atoms with van der Waals surface area (Å²) in [6.07, 6.45) is 1.19. The molecule has 0 aromatic heterocycles. The molecule has 5 nitrogen and oxygen atoms in total. The van der Waals surface area contributed by atoms with Crippen molar-refractivity contribution in [2.24, 2.45) is 5.10 Å². The molecule has 1 amide bonds. The Bertz CT molecular complexity index is 686. The first-order chi connectivity index (χ1) is 10.0. The summed E-state index contributed by atoms with van der Waals surface area (Å²) >= 11 is 0. The number of nitrogens with zero attached hydrogens (tertiary/aromatic N) is 1. The Morgan fingerprint density at radius 2 is 2.05 bits per heavy atom. The summed E-state index contributed by atoms with van der Waals surface area (Å²) in [6, 6.07) is 9.72. The van der Waals surface area contributed by atoms with Crippen molar-refractivity contribution in [2.45, 2.75) is 6.42 Å². The van der Waals surface area contributed by atoms with Crippen LogP contribution in [0.5, 0.6) is 11.5 Å². The molecule has 0 aliphatic rings. The molecule has 0 saturated carbocycles. The SMILES string of the molecule is O=C(Cc1cccc(O)c1)NN=Cc1cc(F)ccc1O. The number of aromatic hydroxyl groups is 2. The maximum Gasteiger partial charge on any atom is 0.244 e. The molecule has 0 spiro atoms. The van der Waals surface area contributed by atoms with Gasteiger partial charge in [-0.15, -0.1) is 0 Å². The molecule has 0 atom stereocenters. The lowest BCUT2D eigenvalue weighted by molar-refractivity contribution is -0.120. The Balaban J connectivity index is 1.94. The van der Waals surface area contributed by atoms with E-state index in [2.05, 4.69) is 10.5 Å². The number of carbonyl (C=O) groups excluding carboxylic acids is 1. The Morgan fingerprint density at radius 1 is 1.24 bits per heavy atom. The fourth-order valence-corrected chi connectivity index (χ4v) is 1.69. The lowest BCUT2D eigenvalue weighted by atomic mass is 10.1. The monoisotopic (exact) mass is 288 g/mol. The summed E-state index contributed by atoms with van der Waals surface area (Å²) in [6.45, 7) is 0. The highest BCUT2D eigenvalue weighted by atomic mass is 19.1. The number of carbonyl (C=O) groups is 1. The van der Waals surface area contributed by atoms with E-state index in [9.17, 15) is 19.4 Å². The van der Waals surface area contributed by atoms with Crippen LogP contribution in [0.4, 0.5) is 4.39 Å². The van der Waals surface area contributed by atoms with Crippen LogP contribution in [0.25, 0.3) is 0 Å². The van der Waals surface area contributed by atoms with Crippen LogP contribution in [0.1, 0.15) is 11.1 Å². The molecule has 0 aliphatic heterocycles. The molecule has 0 fully saturated rings. The number of benzene rings is 2. The second-order valence-corrected chi connectivity index (χ2v) is 4.34. The van der Waals surface area contributed by atoms with Crippen LogP contribution in [-0.4, -0.2) is 22.3 Å². The van der Waals surface area contributed by atoms with Gasteiger partial charge in [-0.25, -0.2) is 9.82 Å². The van der Waals surface area contributed by atoms with E-state index >= 15 is 0 Å². The van der Waals surface area contributed by atoms with E-state index < -0.39 is 11.7 Å². The first-order valence-corrected chi connectivity index (χ1v) is 6.13. The third-order valence-electron chi connectivity index (χ3n) is 2.66. The lowest BCUT2D eigenvalue weighted by Crippen LogP contribution is -2.19. The minimum absolute atomic E-state index is 0.0425. The van der Waals surface area contributed by atoms with Gasteiger partial charge in [0.05, 0.1) is 12.6 Å². The second kappa shape index (κ2) is 6.51. The van der Waals surface area contributed by atoms with Crippen molar-refractivity contribution in [1.29, 1.82) is 0 Å². The summed E-state index contributed by atoms with van der Waals surface area (Å²) in [7, 11) is 0. The fourth-order valence-electron chi connectivity index (χ4n) is 1.69. The number of hydrogen-bond acceptors (Lipinski definition) is 4. The highest BCUT2D eigenvalue weighted by Gasteiger charge is 2.03. The molecule has 2 aromatic carbocycles. The van der Waals surface area contributed by atoms with Gasteiger partial charge in [-0.3, -0.25) is 4.79 Å². The molecule has 0 bridgehead atoms. The molecule has 0 heterocycles. The number of hydrazone groups is 1. The minimum Gasteiger partial charge on any atom is -0.508 e. The maximum absolute atomic E-state index is 13.0. The van der Waals surface area contributed by atoms with E-state index in [0.717, 1.165) is 18.3 Å². The van der Waals surface area contributed by atoms with Gasteiger partial charge in [0, 0.05) is 5.56 Å². The Kier molecular flexibility index (Phi) is 4.50. The molecule has 0 radical (unpaired) electrons. The summed E-state index contributed by atoms with van der Waals surface area (Å²) < 4.78 is 13.0.